The molecule has 0 radical (unpaired) electrons. The Bertz CT molecular complexity index is 1140. The summed E-state index contributed by atoms with van der Waals surface area (Å²) < 4.78 is 21.4. The number of rotatable bonds is 6. The molecule has 0 saturated carbocycles. The highest BCUT2D eigenvalue weighted by molar-refractivity contribution is 7.25. The molecule has 2 N–H and O–H groups in total. The lowest BCUT2D eigenvalue weighted by Crippen LogP contribution is -2.38. The van der Waals surface area contributed by atoms with Gasteiger partial charge >= 0.3 is 12.2 Å². The van der Waals surface area contributed by atoms with Crippen molar-refractivity contribution in [3.63, 3.8) is 0 Å². The van der Waals surface area contributed by atoms with Gasteiger partial charge in [-0.15, -0.1) is 11.3 Å². The van der Waals surface area contributed by atoms with Gasteiger partial charge < -0.3 is 24.3 Å². The second-order valence-corrected chi connectivity index (χ2v) is 11.8. The van der Waals surface area contributed by atoms with Crippen LogP contribution in [0.15, 0.2) is 22.8 Å². The van der Waals surface area contributed by atoms with Gasteiger partial charge in [0.15, 0.2) is 5.75 Å². The third-order valence-corrected chi connectivity index (χ3v) is 6.55. The van der Waals surface area contributed by atoms with E-state index >= 15 is 0 Å². The topological polar surface area (TPSA) is 114 Å². The molecule has 3 aromatic rings. The molecule has 0 saturated heterocycles. The number of hydrogen-bond acceptors (Lipinski definition) is 9. The van der Waals surface area contributed by atoms with Gasteiger partial charge in [0.2, 0.25) is 0 Å². The van der Waals surface area contributed by atoms with Crippen LogP contribution in [-0.2, 0) is 22.4 Å². The summed E-state index contributed by atoms with van der Waals surface area (Å²) in [5.41, 5.74) is -0.874. The predicted molar refractivity (Wildman–Crippen MR) is 133 cm³/mol. The van der Waals surface area contributed by atoms with E-state index in [2.05, 4.69) is 9.69 Å². The van der Waals surface area contributed by atoms with Gasteiger partial charge in [-0.3, -0.25) is 4.90 Å². The zero-order valence-electron chi connectivity index (χ0n) is 20.4. The smallest absolute Gasteiger partial charge is 0.415 e. The normalized spacial score (nSPS) is 13.0. The maximum Gasteiger partial charge on any atom is 0.415 e. The molecule has 3 aromatic heterocycles. The van der Waals surface area contributed by atoms with E-state index in [9.17, 15) is 14.7 Å². The molecule has 0 aliphatic heterocycles. The minimum absolute atomic E-state index is 0.0440. The Morgan fingerprint density at radius 3 is 2.47 bits per heavy atom. The fourth-order valence-corrected chi connectivity index (χ4v) is 5.34. The lowest BCUT2D eigenvalue weighted by Gasteiger charge is -2.25. The number of ether oxygens (including phenoxy) is 2. The van der Waals surface area contributed by atoms with Crippen LogP contribution in [0.25, 0.3) is 10.2 Å². The highest BCUT2D eigenvalue weighted by atomic mass is 32.1. The van der Waals surface area contributed by atoms with Crippen LogP contribution < -0.4 is 10.2 Å². The Hall–Kier alpha value is -2.79. The summed E-state index contributed by atoms with van der Waals surface area (Å²) in [6.45, 7) is 12.8. The minimum Gasteiger partial charge on any atom is -0.505 e. The average Bonchev–Trinajstić information content (AvgIpc) is 3.36. The van der Waals surface area contributed by atoms with Crippen molar-refractivity contribution in [1.29, 1.82) is 0 Å². The summed E-state index contributed by atoms with van der Waals surface area (Å²) in [5, 5.41) is 14.1. The molecular weight excluding hydrogens is 478 g/mol. The second kappa shape index (κ2) is 9.83. The number of furan rings is 1. The highest BCUT2D eigenvalue weighted by Gasteiger charge is 2.30. The molecule has 0 bridgehead atoms. The molecule has 0 aliphatic rings. The Kier molecular flexibility index (Phi) is 7.47. The van der Waals surface area contributed by atoms with Crippen molar-refractivity contribution in [1.82, 2.24) is 9.69 Å². The number of carbonyl (C=O) groups is 2. The standard InChI is InChI=1S/C23H31N3O6S2/c1-13(24-20(28)31-22(2,3)4)11-15-17(27)16-18(33-15)19(34-25-16)26(12-14-9-8-10-30-14)21(29)32-23(5,6)7/h8-10,13,27H,11-12H2,1-7H3,(H,24,28). The molecule has 3 heterocycles. The maximum absolute atomic E-state index is 13.1. The molecule has 2 amide bonds. The van der Waals surface area contributed by atoms with E-state index in [-0.39, 0.29) is 18.3 Å². The molecule has 11 heteroatoms. The molecule has 0 aliphatic carbocycles. The number of alkyl carbamates (subject to hydrolysis) is 1. The van der Waals surface area contributed by atoms with Crippen molar-refractivity contribution < 1.29 is 28.6 Å². The third-order valence-electron chi connectivity index (χ3n) is 4.35. The largest absolute Gasteiger partial charge is 0.505 e. The van der Waals surface area contributed by atoms with E-state index < -0.39 is 23.4 Å². The number of thiophene rings is 1. The van der Waals surface area contributed by atoms with Crippen LogP contribution in [-0.4, -0.2) is 38.9 Å². The van der Waals surface area contributed by atoms with Crippen molar-refractivity contribution in [3.05, 3.63) is 29.0 Å². The molecule has 1 atom stereocenters. The van der Waals surface area contributed by atoms with Crippen molar-refractivity contribution in [3.8, 4) is 5.75 Å². The third kappa shape index (κ3) is 6.63. The number of hydrogen-bond donors (Lipinski definition) is 2. The summed E-state index contributed by atoms with van der Waals surface area (Å²) in [6.07, 6.45) is 0.856. The number of anilines is 1. The summed E-state index contributed by atoms with van der Waals surface area (Å²) >= 11 is 2.43. The Morgan fingerprint density at radius 2 is 1.88 bits per heavy atom. The SMILES string of the molecule is CC(Cc1sc2c(N(Cc3ccco3)C(=O)OC(C)(C)C)snc2c1O)NC(=O)OC(C)(C)C. The zero-order chi connectivity index (χ0) is 25.3. The van der Waals surface area contributed by atoms with Crippen LogP contribution in [0.3, 0.4) is 0 Å². The van der Waals surface area contributed by atoms with Crippen LogP contribution in [0.5, 0.6) is 5.75 Å². The van der Waals surface area contributed by atoms with Crippen LogP contribution in [0, 0.1) is 0 Å². The van der Waals surface area contributed by atoms with Gasteiger partial charge in [0.1, 0.15) is 27.5 Å². The van der Waals surface area contributed by atoms with Gasteiger partial charge in [-0.25, -0.2) is 9.59 Å². The number of aromatic hydroxyl groups is 1. The summed E-state index contributed by atoms with van der Waals surface area (Å²) in [5.74, 6) is 0.631. The fourth-order valence-electron chi connectivity index (χ4n) is 3.06. The molecule has 186 valence electrons. The number of nitrogens with one attached hydrogen (secondary N) is 1. The van der Waals surface area contributed by atoms with Crippen molar-refractivity contribution in [2.45, 2.75) is 78.7 Å². The quantitative estimate of drug-likeness (QED) is 0.415. The lowest BCUT2D eigenvalue weighted by atomic mass is 10.2. The first-order chi connectivity index (χ1) is 15.7. The first-order valence-corrected chi connectivity index (χ1v) is 12.4. The number of aromatic nitrogens is 1. The fraction of sp³-hybridized carbons (Fsp3) is 0.522. The van der Waals surface area contributed by atoms with E-state index in [0.717, 1.165) is 11.5 Å². The van der Waals surface area contributed by atoms with Gasteiger partial charge in [0, 0.05) is 12.5 Å². The Labute approximate surface area is 206 Å². The van der Waals surface area contributed by atoms with Gasteiger partial charge in [0.25, 0.3) is 0 Å². The van der Waals surface area contributed by atoms with E-state index in [1.807, 2.05) is 6.92 Å². The number of amides is 2. The molecule has 0 spiro atoms. The first-order valence-electron chi connectivity index (χ1n) is 10.9. The van der Waals surface area contributed by atoms with E-state index in [1.54, 1.807) is 59.9 Å². The molecule has 34 heavy (non-hydrogen) atoms. The minimum atomic E-state index is -0.687. The van der Waals surface area contributed by atoms with Gasteiger partial charge in [-0.1, -0.05) is 0 Å². The number of carbonyl (C=O) groups excluding carboxylic acids is 2. The second-order valence-electron chi connectivity index (χ2n) is 9.94. The first kappa shape index (κ1) is 25.8. The van der Waals surface area contributed by atoms with Gasteiger partial charge in [0.05, 0.1) is 22.4 Å². The summed E-state index contributed by atoms with van der Waals surface area (Å²) in [7, 11) is 0. The molecular formula is C23H31N3O6S2. The lowest BCUT2D eigenvalue weighted by molar-refractivity contribution is 0.0506. The molecule has 0 fully saturated rings. The summed E-state index contributed by atoms with van der Waals surface area (Å²) in [4.78, 5) is 27.2. The monoisotopic (exact) mass is 509 g/mol. The highest BCUT2D eigenvalue weighted by Crippen LogP contribution is 2.45. The summed E-state index contributed by atoms with van der Waals surface area (Å²) in [6, 6.07) is 3.23. The number of nitrogens with zero attached hydrogens (tertiary/aromatic N) is 2. The maximum atomic E-state index is 13.1. The van der Waals surface area contributed by atoms with E-state index in [0.29, 0.717) is 32.3 Å². The molecule has 0 aromatic carbocycles. The van der Waals surface area contributed by atoms with E-state index in [1.165, 1.54) is 16.2 Å². The Morgan fingerprint density at radius 1 is 1.21 bits per heavy atom. The van der Waals surface area contributed by atoms with Crippen LogP contribution >= 0.6 is 22.9 Å². The predicted octanol–water partition coefficient (Wildman–Crippen LogP) is 6.05. The zero-order valence-corrected chi connectivity index (χ0v) is 22.1. The van der Waals surface area contributed by atoms with Crippen molar-refractivity contribution >= 4 is 50.3 Å². The molecule has 9 nitrogen and oxygen atoms in total. The van der Waals surface area contributed by atoms with Gasteiger partial charge in [-0.2, -0.15) is 4.37 Å². The average molecular weight is 510 g/mol. The van der Waals surface area contributed by atoms with Gasteiger partial charge in [-0.05, 0) is 72.1 Å². The van der Waals surface area contributed by atoms with Crippen LogP contribution in [0.1, 0.15) is 59.1 Å². The molecule has 1 unspecified atom stereocenters. The van der Waals surface area contributed by atoms with Crippen molar-refractivity contribution in [2.24, 2.45) is 0 Å². The Balaban J connectivity index is 1.86. The van der Waals surface area contributed by atoms with Crippen LogP contribution in [0.4, 0.5) is 14.6 Å². The van der Waals surface area contributed by atoms with Crippen molar-refractivity contribution in [2.75, 3.05) is 4.90 Å². The molecule has 3 rings (SSSR count). The van der Waals surface area contributed by atoms with E-state index in [4.69, 9.17) is 13.9 Å². The van der Waals surface area contributed by atoms with Crippen LogP contribution in [0.2, 0.25) is 0 Å². The number of fused-ring (bicyclic) bond motifs is 1.